The van der Waals surface area contributed by atoms with Gasteiger partial charge in [0, 0.05) is 5.92 Å². The minimum atomic E-state index is -0.00509. The lowest BCUT2D eigenvalue weighted by atomic mass is 9.95. The first kappa shape index (κ1) is 10.0. The Morgan fingerprint density at radius 1 is 1.62 bits per heavy atom. The minimum Gasteiger partial charge on any atom is -0.343 e. The van der Waals surface area contributed by atoms with E-state index >= 15 is 0 Å². The van der Waals surface area contributed by atoms with Crippen LogP contribution in [0.1, 0.15) is 19.3 Å². The summed E-state index contributed by atoms with van der Waals surface area (Å²) in [4.78, 5) is 11.5. The fourth-order valence-corrected chi connectivity index (χ4v) is 1.92. The van der Waals surface area contributed by atoms with Crippen LogP contribution >= 0.6 is 0 Å². The van der Waals surface area contributed by atoms with Crippen molar-refractivity contribution in [3.63, 3.8) is 0 Å². The van der Waals surface area contributed by atoms with E-state index in [2.05, 4.69) is 5.32 Å². The summed E-state index contributed by atoms with van der Waals surface area (Å²) in [6.45, 7) is 0.678. The van der Waals surface area contributed by atoms with E-state index in [1.807, 2.05) is 6.07 Å². The molecule has 4 heteroatoms. The Morgan fingerprint density at radius 2 is 2.38 bits per heavy atom. The average molecular weight is 181 g/mol. The Kier molecular flexibility index (Phi) is 3.71. The number of nitrogens with one attached hydrogen (secondary N) is 1. The third-order valence-electron chi connectivity index (χ3n) is 2.64. The Balaban J connectivity index is 2.41. The van der Waals surface area contributed by atoms with E-state index in [0.29, 0.717) is 12.5 Å². The fourth-order valence-electron chi connectivity index (χ4n) is 1.92. The van der Waals surface area contributed by atoms with Gasteiger partial charge in [0.1, 0.15) is 6.54 Å². The third kappa shape index (κ3) is 2.43. The number of hydrogen-bond donors (Lipinski definition) is 2. The Hall–Kier alpha value is -1.08. The molecule has 72 valence electrons. The summed E-state index contributed by atoms with van der Waals surface area (Å²) in [5.74, 6) is 0.353. The number of rotatable bonds is 3. The molecule has 0 heterocycles. The molecule has 13 heavy (non-hydrogen) atoms. The fraction of sp³-hybridized carbons (Fsp3) is 0.778. The molecule has 2 atom stereocenters. The number of carbonyl (C=O) groups excluding carboxylic acids is 1. The molecule has 1 fully saturated rings. The van der Waals surface area contributed by atoms with Gasteiger partial charge in [-0.15, -0.1) is 0 Å². The largest absolute Gasteiger partial charge is 0.343 e. The van der Waals surface area contributed by atoms with Crippen LogP contribution in [-0.2, 0) is 4.79 Å². The van der Waals surface area contributed by atoms with Crippen molar-refractivity contribution < 1.29 is 4.79 Å². The van der Waals surface area contributed by atoms with Crippen molar-refractivity contribution in [1.29, 1.82) is 5.26 Å². The van der Waals surface area contributed by atoms with Crippen molar-refractivity contribution in [3.05, 3.63) is 0 Å². The Bertz CT molecular complexity index is 221. The number of nitrogens with two attached hydrogens (primary N) is 1. The van der Waals surface area contributed by atoms with Crippen molar-refractivity contribution in [2.75, 3.05) is 13.1 Å². The number of nitrogens with zero attached hydrogens (tertiary/aromatic N) is 1. The maximum Gasteiger partial charge on any atom is 0.224 e. The lowest BCUT2D eigenvalue weighted by molar-refractivity contribution is -0.125. The van der Waals surface area contributed by atoms with E-state index in [4.69, 9.17) is 11.0 Å². The third-order valence-corrected chi connectivity index (χ3v) is 2.64. The second kappa shape index (κ2) is 4.83. The number of carbonyl (C=O) groups is 1. The lowest BCUT2D eigenvalue weighted by Crippen LogP contribution is -2.35. The maximum atomic E-state index is 11.5. The summed E-state index contributed by atoms with van der Waals surface area (Å²) in [7, 11) is 0. The zero-order valence-electron chi connectivity index (χ0n) is 7.62. The normalized spacial score (nSPS) is 26.8. The zero-order chi connectivity index (χ0) is 9.68. The second-order valence-electron chi connectivity index (χ2n) is 3.41. The number of amides is 1. The molecule has 0 aliphatic heterocycles. The van der Waals surface area contributed by atoms with Crippen molar-refractivity contribution in [1.82, 2.24) is 5.32 Å². The molecule has 1 amide bonds. The van der Waals surface area contributed by atoms with Gasteiger partial charge in [0.05, 0.1) is 6.07 Å². The summed E-state index contributed by atoms with van der Waals surface area (Å²) >= 11 is 0. The van der Waals surface area contributed by atoms with E-state index < -0.39 is 0 Å². The molecular weight excluding hydrogens is 166 g/mol. The summed E-state index contributed by atoms with van der Waals surface area (Å²) in [5, 5.41) is 10.9. The minimum absolute atomic E-state index is 0.00509. The van der Waals surface area contributed by atoms with Gasteiger partial charge in [0.15, 0.2) is 0 Å². The highest BCUT2D eigenvalue weighted by molar-refractivity contribution is 5.79. The molecule has 4 nitrogen and oxygen atoms in total. The topological polar surface area (TPSA) is 78.9 Å². The molecule has 0 aromatic carbocycles. The van der Waals surface area contributed by atoms with Crippen LogP contribution in [0.25, 0.3) is 0 Å². The van der Waals surface area contributed by atoms with Gasteiger partial charge in [-0.2, -0.15) is 5.26 Å². The van der Waals surface area contributed by atoms with Gasteiger partial charge >= 0.3 is 0 Å². The molecule has 0 spiro atoms. The van der Waals surface area contributed by atoms with Crippen LogP contribution in [-0.4, -0.2) is 19.0 Å². The highest BCUT2D eigenvalue weighted by Gasteiger charge is 2.31. The molecule has 0 bridgehead atoms. The van der Waals surface area contributed by atoms with Gasteiger partial charge < -0.3 is 11.1 Å². The maximum absolute atomic E-state index is 11.5. The smallest absolute Gasteiger partial charge is 0.224 e. The van der Waals surface area contributed by atoms with Crippen LogP contribution in [0.3, 0.4) is 0 Å². The van der Waals surface area contributed by atoms with Crippen LogP contribution in [0, 0.1) is 23.2 Å². The molecule has 2 unspecified atom stereocenters. The molecule has 1 aliphatic rings. The zero-order valence-corrected chi connectivity index (χ0v) is 7.62. The molecule has 1 saturated carbocycles. The van der Waals surface area contributed by atoms with Crippen molar-refractivity contribution in [2.24, 2.45) is 17.6 Å². The second-order valence-corrected chi connectivity index (χ2v) is 3.41. The standard InChI is InChI=1S/C9H15N3O/c10-4-5-12-9(13)8-3-1-2-7(8)6-11/h7-8H,1-3,5-6,11H2,(H,12,13). The summed E-state index contributed by atoms with van der Waals surface area (Å²) in [6, 6.07) is 1.89. The first-order valence-corrected chi connectivity index (χ1v) is 4.64. The first-order chi connectivity index (χ1) is 6.29. The molecular formula is C9H15N3O. The van der Waals surface area contributed by atoms with E-state index in [9.17, 15) is 4.79 Å². The SMILES string of the molecule is N#CCNC(=O)C1CCCC1CN. The molecule has 0 saturated heterocycles. The molecule has 1 rings (SSSR count). The van der Waals surface area contributed by atoms with Crippen LogP contribution < -0.4 is 11.1 Å². The lowest BCUT2D eigenvalue weighted by Gasteiger charge is -2.15. The van der Waals surface area contributed by atoms with E-state index in [1.54, 1.807) is 0 Å². The van der Waals surface area contributed by atoms with Crippen LogP contribution in [0.15, 0.2) is 0 Å². The van der Waals surface area contributed by atoms with Gasteiger partial charge in [-0.25, -0.2) is 0 Å². The van der Waals surface area contributed by atoms with Crippen molar-refractivity contribution in [2.45, 2.75) is 19.3 Å². The van der Waals surface area contributed by atoms with Crippen LogP contribution in [0.2, 0.25) is 0 Å². The van der Waals surface area contributed by atoms with E-state index in [-0.39, 0.29) is 18.4 Å². The van der Waals surface area contributed by atoms with Gasteiger partial charge in [0.2, 0.25) is 5.91 Å². The summed E-state index contributed by atoms with van der Waals surface area (Å²) in [6.07, 6.45) is 3.03. The molecule has 3 N–H and O–H groups in total. The monoisotopic (exact) mass is 181 g/mol. The number of hydrogen-bond acceptors (Lipinski definition) is 3. The van der Waals surface area contributed by atoms with Crippen LogP contribution in [0.4, 0.5) is 0 Å². The molecule has 0 aromatic heterocycles. The Morgan fingerprint density at radius 3 is 3.00 bits per heavy atom. The molecule has 1 aliphatic carbocycles. The first-order valence-electron chi connectivity index (χ1n) is 4.64. The van der Waals surface area contributed by atoms with Gasteiger partial charge in [-0.05, 0) is 25.3 Å². The predicted molar refractivity (Wildman–Crippen MR) is 48.5 cm³/mol. The Labute approximate surface area is 78.1 Å². The highest BCUT2D eigenvalue weighted by Crippen LogP contribution is 2.30. The molecule has 0 radical (unpaired) electrons. The van der Waals surface area contributed by atoms with Crippen molar-refractivity contribution >= 4 is 5.91 Å². The van der Waals surface area contributed by atoms with Crippen LogP contribution in [0.5, 0.6) is 0 Å². The average Bonchev–Trinajstić information content (AvgIpc) is 2.61. The van der Waals surface area contributed by atoms with Crippen molar-refractivity contribution in [3.8, 4) is 6.07 Å². The van der Waals surface area contributed by atoms with E-state index in [1.165, 1.54) is 0 Å². The van der Waals surface area contributed by atoms with Gasteiger partial charge in [-0.1, -0.05) is 6.42 Å². The van der Waals surface area contributed by atoms with E-state index in [0.717, 1.165) is 19.3 Å². The highest BCUT2D eigenvalue weighted by atomic mass is 16.1. The predicted octanol–water partition coefficient (Wildman–Crippen LogP) is 0.00118. The number of nitriles is 1. The summed E-state index contributed by atoms with van der Waals surface area (Å²) < 4.78 is 0. The van der Waals surface area contributed by atoms with Gasteiger partial charge in [0.25, 0.3) is 0 Å². The molecule has 0 aromatic rings. The van der Waals surface area contributed by atoms with Gasteiger partial charge in [-0.3, -0.25) is 4.79 Å². The summed E-state index contributed by atoms with van der Waals surface area (Å²) in [5.41, 5.74) is 5.55. The quantitative estimate of drug-likeness (QED) is 0.601.